The molecule has 3 aromatic rings. The van der Waals surface area contributed by atoms with Crippen LogP contribution in [0, 0.1) is 3.70 Å². The highest BCUT2D eigenvalue weighted by Gasteiger charge is 2.23. The molecule has 0 aliphatic heterocycles. The van der Waals surface area contributed by atoms with Gasteiger partial charge in [-0.3, -0.25) is 0 Å². The SMILES string of the molecule is CCOCc1nc(I)c(-c2cccc(-c3ccccc3)c2)n1CC(C)(C)O. The molecule has 0 aliphatic rings. The van der Waals surface area contributed by atoms with Gasteiger partial charge in [0, 0.05) is 12.2 Å². The van der Waals surface area contributed by atoms with E-state index in [2.05, 4.69) is 63.6 Å². The second-order valence-electron chi connectivity index (χ2n) is 7.15. The maximum absolute atomic E-state index is 10.4. The first-order valence-corrected chi connectivity index (χ1v) is 10.2. The fraction of sp³-hybridized carbons (Fsp3) is 0.318. The fourth-order valence-electron chi connectivity index (χ4n) is 3.08. The van der Waals surface area contributed by atoms with Gasteiger partial charge in [0.05, 0.1) is 17.8 Å². The molecule has 5 heteroatoms. The molecule has 0 fully saturated rings. The van der Waals surface area contributed by atoms with Crippen LogP contribution in [-0.4, -0.2) is 26.9 Å². The topological polar surface area (TPSA) is 47.3 Å². The minimum Gasteiger partial charge on any atom is -0.389 e. The van der Waals surface area contributed by atoms with Gasteiger partial charge in [0.15, 0.2) is 0 Å². The molecule has 0 radical (unpaired) electrons. The summed E-state index contributed by atoms with van der Waals surface area (Å²) in [4.78, 5) is 4.72. The van der Waals surface area contributed by atoms with Gasteiger partial charge in [-0.1, -0.05) is 48.5 Å². The lowest BCUT2D eigenvalue weighted by Gasteiger charge is -2.22. The highest BCUT2D eigenvalue weighted by molar-refractivity contribution is 14.1. The number of aromatic nitrogens is 2. The van der Waals surface area contributed by atoms with Crippen LogP contribution in [0.4, 0.5) is 0 Å². The van der Waals surface area contributed by atoms with Crippen LogP contribution in [-0.2, 0) is 17.9 Å². The van der Waals surface area contributed by atoms with Crippen LogP contribution in [0.25, 0.3) is 22.4 Å². The second-order valence-corrected chi connectivity index (χ2v) is 8.17. The van der Waals surface area contributed by atoms with E-state index in [0.29, 0.717) is 19.8 Å². The average molecular weight is 476 g/mol. The smallest absolute Gasteiger partial charge is 0.136 e. The van der Waals surface area contributed by atoms with Crippen LogP contribution in [0.15, 0.2) is 54.6 Å². The van der Waals surface area contributed by atoms with Crippen molar-refractivity contribution in [2.45, 2.75) is 39.5 Å². The van der Waals surface area contributed by atoms with Crippen molar-refractivity contribution in [2.24, 2.45) is 0 Å². The van der Waals surface area contributed by atoms with Crippen molar-refractivity contribution < 1.29 is 9.84 Å². The molecule has 142 valence electrons. The van der Waals surface area contributed by atoms with Crippen molar-refractivity contribution in [3.63, 3.8) is 0 Å². The summed E-state index contributed by atoms with van der Waals surface area (Å²) in [6.45, 7) is 7.11. The van der Waals surface area contributed by atoms with E-state index < -0.39 is 5.60 Å². The van der Waals surface area contributed by atoms with E-state index >= 15 is 0 Å². The molecule has 0 aliphatic carbocycles. The molecule has 0 amide bonds. The number of halogens is 1. The van der Waals surface area contributed by atoms with E-state index in [1.165, 1.54) is 5.56 Å². The molecule has 0 saturated heterocycles. The van der Waals surface area contributed by atoms with Crippen molar-refractivity contribution >= 4 is 22.6 Å². The van der Waals surface area contributed by atoms with E-state index in [0.717, 1.165) is 26.3 Å². The molecule has 2 aromatic carbocycles. The third-order valence-electron chi connectivity index (χ3n) is 4.23. The monoisotopic (exact) mass is 476 g/mol. The molecule has 0 atom stereocenters. The summed E-state index contributed by atoms with van der Waals surface area (Å²) in [5.74, 6) is 0.837. The molecule has 3 rings (SSSR count). The van der Waals surface area contributed by atoms with Crippen LogP contribution >= 0.6 is 22.6 Å². The summed E-state index contributed by atoms with van der Waals surface area (Å²) in [6.07, 6.45) is 0. The lowest BCUT2D eigenvalue weighted by molar-refractivity contribution is 0.0574. The Bertz CT molecular complexity index is 898. The maximum Gasteiger partial charge on any atom is 0.136 e. The van der Waals surface area contributed by atoms with Gasteiger partial charge in [0.2, 0.25) is 0 Å². The van der Waals surface area contributed by atoms with Crippen LogP contribution in [0.1, 0.15) is 26.6 Å². The molecule has 0 saturated carbocycles. The Morgan fingerprint density at radius 3 is 2.37 bits per heavy atom. The molecular weight excluding hydrogens is 451 g/mol. The van der Waals surface area contributed by atoms with Crippen LogP contribution in [0.2, 0.25) is 0 Å². The minimum absolute atomic E-state index is 0.432. The molecule has 0 spiro atoms. The molecule has 27 heavy (non-hydrogen) atoms. The predicted octanol–water partition coefficient (Wildman–Crippen LogP) is 5.13. The first-order chi connectivity index (χ1) is 12.9. The van der Waals surface area contributed by atoms with Crippen LogP contribution in [0.5, 0.6) is 0 Å². The summed E-state index contributed by atoms with van der Waals surface area (Å²) in [7, 11) is 0. The third kappa shape index (κ3) is 4.97. The maximum atomic E-state index is 10.4. The standard InChI is InChI=1S/C22H25IN2O2/c1-4-27-14-19-24-21(23)20(25(19)15-22(2,3)26)18-12-8-11-17(13-18)16-9-6-5-7-10-16/h5-13,26H,4,14-15H2,1-3H3. The van der Waals surface area contributed by atoms with Gasteiger partial charge >= 0.3 is 0 Å². The van der Waals surface area contributed by atoms with Crippen LogP contribution in [0.3, 0.4) is 0 Å². The zero-order valence-electron chi connectivity index (χ0n) is 15.9. The average Bonchev–Trinajstić information content (AvgIpc) is 2.94. The predicted molar refractivity (Wildman–Crippen MR) is 117 cm³/mol. The number of rotatable bonds is 7. The van der Waals surface area contributed by atoms with Gasteiger partial charge < -0.3 is 14.4 Å². The minimum atomic E-state index is -0.851. The molecule has 1 aromatic heterocycles. The summed E-state index contributed by atoms with van der Waals surface area (Å²) < 4.78 is 8.60. The normalized spacial score (nSPS) is 11.7. The Balaban J connectivity index is 2.09. The second kappa shape index (κ2) is 8.54. The number of aliphatic hydroxyl groups is 1. The summed E-state index contributed by atoms with van der Waals surface area (Å²) in [5, 5.41) is 10.4. The summed E-state index contributed by atoms with van der Waals surface area (Å²) in [6, 6.07) is 18.8. The van der Waals surface area contributed by atoms with Gasteiger partial charge in [-0.15, -0.1) is 0 Å². The molecule has 0 bridgehead atoms. The first-order valence-electron chi connectivity index (χ1n) is 9.10. The molecular formula is C22H25IN2O2. The van der Waals surface area contributed by atoms with Gasteiger partial charge in [0.25, 0.3) is 0 Å². The molecule has 1 heterocycles. The largest absolute Gasteiger partial charge is 0.389 e. The highest BCUT2D eigenvalue weighted by Crippen LogP contribution is 2.31. The van der Waals surface area contributed by atoms with E-state index in [1.54, 1.807) is 0 Å². The number of hydrogen-bond acceptors (Lipinski definition) is 3. The highest BCUT2D eigenvalue weighted by atomic mass is 127. The Hall–Kier alpha value is -1.70. The van der Waals surface area contributed by atoms with E-state index in [9.17, 15) is 5.11 Å². The van der Waals surface area contributed by atoms with E-state index in [4.69, 9.17) is 9.72 Å². The lowest BCUT2D eigenvalue weighted by Crippen LogP contribution is -2.27. The van der Waals surface area contributed by atoms with E-state index in [-0.39, 0.29) is 0 Å². The number of ether oxygens (including phenoxy) is 1. The van der Waals surface area contributed by atoms with Crippen molar-refractivity contribution in [3.8, 4) is 22.4 Å². The Morgan fingerprint density at radius 1 is 1.04 bits per heavy atom. The summed E-state index contributed by atoms with van der Waals surface area (Å²) in [5.41, 5.74) is 3.59. The number of nitrogens with zero attached hydrogens (tertiary/aromatic N) is 2. The van der Waals surface area contributed by atoms with E-state index in [1.807, 2.05) is 39.0 Å². The number of imidazole rings is 1. The van der Waals surface area contributed by atoms with Crippen molar-refractivity contribution in [2.75, 3.05) is 6.61 Å². The van der Waals surface area contributed by atoms with Crippen molar-refractivity contribution in [3.05, 3.63) is 64.1 Å². The number of hydrogen-bond donors (Lipinski definition) is 1. The quantitative estimate of drug-likeness (QED) is 0.481. The fourth-order valence-corrected chi connectivity index (χ4v) is 3.96. The molecule has 4 nitrogen and oxygen atoms in total. The summed E-state index contributed by atoms with van der Waals surface area (Å²) >= 11 is 2.27. The van der Waals surface area contributed by atoms with Gasteiger partial charge in [-0.05, 0) is 60.6 Å². The third-order valence-corrected chi connectivity index (χ3v) is 4.98. The molecule has 0 unspecified atom stereocenters. The zero-order valence-corrected chi connectivity index (χ0v) is 18.1. The first kappa shape index (κ1) is 20.0. The van der Waals surface area contributed by atoms with Crippen molar-refractivity contribution in [1.29, 1.82) is 0 Å². The Labute approximate surface area is 174 Å². The van der Waals surface area contributed by atoms with Gasteiger partial charge in [-0.25, -0.2) is 4.98 Å². The zero-order chi connectivity index (χ0) is 19.4. The Morgan fingerprint density at radius 2 is 1.70 bits per heavy atom. The van der Waals surface area contributed by atoms with Gasteiger partial charge in [0.1, 0.15) is 16.1 Å². The lowest BCUT2D eigenvalue weighted by atomic mass is 10.0. The Kier molecular flexibility index (Phi) is 6.34. The van der Waals surface area contributed by atoms with Crippen molar-refractivity contribution in [1.82, 2.24) is 9.55 Å². The van der Waals surface area contributed by atoms with Gasteiger partial charge in [-0.2, -0.15) is 0 Å². The number of benzene rings is 2. The molecule has 1 N–H and O–H groups in total. The van der Waals surface area contributed by atoms with Crippen LogP contribution < -0.4 is 0 Å².